The quantitative estimate of drug-likeness (QED) is 0.684. The number of likely N-dealkylation sites (tertiary alicyclic amines) is 1. The fourth-order valence-electron chi connectivity index (χ4n) is 3.08. The molecular formula is C22H24ClNO2. The molecule has 0 spiro atoms. The van der Waals surface area contributed by atoms with Gasteiger partial charge in [-0.2, -0.15) is 0 Å². The first-order chi connectivity index (χ1) is 12.7. The lowest BCUT2D eigenvalue weighted by molar-refractivity contribution is -0.127. The molecule has 4 heteroatoms. The van der Waals surface area contributed by atoms with E-state index in [1.54, 1.807) is 6.08 Å². The van der Waals surface area contributed by atoms with E-state index in [1.807, 2.05) is 65.6 Å². The summed E-state index contributed by atoms with van der Waals surface area (Å²) in [6.45, 7) is 2.94. The molecule has 3 nitrogen and oxygen atoms in total. The first-order valence-electron chi connectivity index (χ1n) is 9.05. The molecule has 0 unspecified atom stereocenters. The monoisotopic (exact) mass is 369 g/mol. The summed E-state index contributed by atoms with van der Waals surface area (Å²) in [5, 5.41) is 0.743. The highest BCUT2D eigenvalue weighted by Gasteiger charge is 2.21. The molecule has 2 aromatic carbocycles. The van der Waals surface area contributed by atoms with Crippen molar-refractivity contribution in [2.24, 2.45) is 5.92 Å². The van der Waals surface area contributed by atoms with Crippen molar-refractivity contribution in [1.29, 1.82) is 0 Å². The van der Waals surface area contributed by atoms with Gasteiger partial charge in [0.05, 0.1) is 6.61 Å². The average Bonchev–Trinajstić information content (AvgIpc) is 2.69. The molecule has 1 fully saturated rings. The minimum Gasteiger partial charge on any atom is -0.376 e. The smallest absolute Gasteiger partial charge is 0.246 e. The molecule has 0 saturated carbocycles. The van der Waals surface area contributed by atoms with Gasteiger partial charge in [0.15, 0.2) is 0 Å². The van der Waals surface area contributed by atoms with Gasteiger partial charge in [-0.15, -0.1) is 0 Å². The number of halogens is 1. The van der Waals surface area contributed by atoms with Crippen LogP contribution >= 0.6 is 11.6 Å². The molecular weight excluding hydrogens is 346 g/mol. The Morgan fingerprint density at radius 2 is 1.77 bits per heavy atom. The van der Waals surface area contributed by atoms with Gasteiger partial charge in [-0.25, -0.2) is 0 Å². The number of rotatable bonds is 6. The molecule has 0 bridgehead atoms. The van der Waals surface area contributed by atoms with Gasteiger partial charge < -0.3 is 9.64 Å². The predicted octanol–water partition coefficient (Wildman–Crippen LogP) is 4.81. The third kappa shape index (κ3) is 5.72. The van der Waals surface area contributed by atoms with Crippen molar-refractivity contribution in [3.63, 3.8) is 0 Å². The van der Waals surface area contributed by atoms with E-state index in [2.05, 4.69) is 0 Å². The van der Waals surface area contributed by atoms with Crippen LogP contribution in [0.5, 0.6) is 0 Å². The standard InChI is InChI=1S/C22H24ClNO2/c23-21-9-6-19(7-10-21)16-26-17-20-12-14-24(15-13-20)22(25)11-8-18-4-2-1-3-5-18/h1-11,20H,12-17H2/b11-8+. The number of benzene rings is 2. The van der Waals surface area contributed by atoms with Crippen LogP contribution in [0.15, 0.2) is 60.7 Å². The van der Waals surface area contributed by atoms with Gasteiger partial charge in [-0.3, -0.25) is 4.79 Å². The Hall–Kier alpha value is -2.10. The van der Waals surface area contributed by atoms with Crippen LogP contribution in [-0.4, -0.2) is 30.5 Å². The second kappa shape index (κ2) is 9.56. The van der Waals surface area contributed by atoms with E-state index in [-0.39, 0.29) is 5.91 Å². The largest absolute Gasteiger partial charge is 0.376 e. The Bertz CT molecular complexity index is 720. The zero-order valence-corrected chi connectivity index (χ0v) is 15.6. The van der Waals surface area contributed by atoms with Crippen molar-refractivity contribution in [3.05, 3.63) is 76.8 Å². The van der Waals surface area contributed by atoms with E-state index in [9.17, 15) is 4.79 Å². The predicted molar refractivity (Wildman–Crippen MR) is 106 cm³/mol. The third-order valence-corrected chi connectivity index (χ3v) is 4.93. The summed E-state index contributed by atoms with van der Waals surface area (Å²) >= 11 is 5.89. The second-order valence-corrected chi connectivity index (χ2v) is 7.09. The normalized spacial score (nSPS) is 15.5. The zero-order chi connectivity index (χ0) is 18.2. The number of carbonyl (C=O) groups excluding carboxylic acids is 1. The minimum atomic E-state index is 0.0920. The topological polar surface area (TPSA) is 29.5 Å². The van der Waals surface area contributed by atoms with Gasteiger partial charge in [0.25, 0.3) is 0 Å². The summed E-state index contributed by atoms with van der Waals surface area (Å²) in [6.07, 6.45) is 5.54. The first kappa shape index (κ1) is 18.7. The van der Waals surface area contributed by atoms with Gasteiger partial charge in [0, 0.05) is 30.8 Å². The second-order valence-electron chi connectivity index (χ2n) is 6.65. The van der Waals surface area contributed by atoms with Crippen molar-refractivity contribution < 1.29 is 9.53 Å². The van der Waals surface area contributed by atoms with Gasteiger partial charge in [0.1, 0.15) is 0 Å². The van der Waals surface area contributed by atoms with Crippen molar-refractivity contribution in [3.8, 4) is 0 Å². The molecule has 0 aromatic heterocycles. The van der Waals surface area contributed by atoms with Crippen LogP contribution in [0, 0.1) is 5.92 Å². The highest BCUT2D eigenvalue weighted by molar-refractivity contribution is 6.30. The van der Waals surface area contributed by atoms with E-state index in [1.165, 1.54) is 0 Å². The molecule has 1 amide bonds. The van der Waals surface area contributed by atoms with Crippen molar-refractivity contribution in [1.82, 2.24) is 4.90 Å². The number of carbonyl (C=O) groups is 1. The van der Waals surface area contributed by atoms with Gasteiger partial charge >= 0.3 is 0 Å². The van der Waals surface area contributed by atoms with Crippen LogP contribution in [0.1, 0.15) is 24.0 Å². The highest BCUT2D eigenvalue weighted by atomic mass is 35.5. The molecule has 1 aliphatic heterocycles. The maximum atomic E-state index is 12.3. The fourth-order valence-corrected chi connectivity index (χ4v) is 3.21. The molecule has 2 aromatic rings. The maximum absolute atomic E-state index is 12.3. The molecule has 0 radical (unpaired) electrons. The highest BCUT2D eigenvalue weighted by Crippen LogP contribution is 2.19. The molecule has 1 aliphatic rings. The lowest BCUT2D eigenvalue weighted by atomic mass is 9.97. The van der Waals surface area contributed by atoms with E-state index < -0.39 is 0 Å². The summed E-state index contributed by atoms with van der Waals surface area (Å²) < 4.78 is 5.84. The van der Waals surface area contributed by atoms with Crippen LogP contribution in [0.25, 0.3) is 6.08 Å². The zero-order valence-electron chi connectivity index (χ0n) is 14.8. The lowest BCUT2D eigenvalue weighted by Crippen LogP contribution is -2.38. The van der Waals surface area contributed by atoms with E-state index in [0.717, 1.165) is 48.7 Å². The van der Waals surface area contributed by atoms with Crippen molar-refractivity contribution in [2.45, 2.75) is 19.4 Å². The van der Waals surface area contributed by atoms with Gasteiger partial charge in [0.2, 0.25) is 5.91 Å². The summed E-state index contributed by atoms with van der Waals surface area (Å²) in [6, 6.07) is 17.6. The van der Waals surface area contributed by atoms with Crippen molar-refractivity contribution >= 4 is 23.6 Å². The number of piperidine rings is 1. The number of ether oxygens (including phenoxy) is 1. The van der Waals surface area contributed by atoms with Gasteiger partial charge in [-0.05, 0) is 48.1 Å². The first-order valence-corrected chi connectivity index (χ1v) is 9.43. The summed E-state index contributed by atoms with van der Waals surface area (Å²) in [5.41, 5.74) is 2.18. The third-order valence-electron chi connectivity index (χ3n) is 4.68. The molecule has 0 aliphatic carbocycles. The minimum absolute atomic E-state index is 0.0920. The Balaban J connectivity index is 1.37. The van der Waals surface area contributed by atoms with E-state index in [4.69, 9.17) is 16.3 Å². The number of amides is 1. The van der Waals surface area contributed by atoms with Crippen LogP contribution in [0.4, 0.5) is 0 Å². The fraction of sp³-hybridized carbons (Fsp3) is 0.318. The Kier molecular flexibility index (Phi) is 6.87. The van der Waals surface area contributed by atoms with E-state index in [0.29, 0.717) is 12.5 Å². The maximum Gasteiger partial charge on any atom is 0.246 e. The van der Waals surface area contributed by atoms with Crippen LogP contribution in [0.2, 0.25) is 5.02 Å². The van der Waals surface area contributed by atoms with Crippen molar-refractivity contribution in [2.75, 3.05) is 19.7 Å². The molecule has 136 valence electrons. The molecule has 26 heavy (non-hydrogen) atoms. The van der Waals surface area contributed by atoms with Gasteiger partial charge in [-0.1, -0.05) is 54.1 Å². The SMILES string of the molecule is O=C(/C=C/c1ccccc1)N1CCC(COCc2ccc(Cl)cc2)CC1. The average molecular weight is 370 g/mol. The molecule has 1 heterocycles. The number of hydrogen-bond donors (Lipinski definition) is 0. The Morgan fingerprint density at radius 1 is 1.08 bits per heavy atom. The lowest BCUT2D eigenvalue weighted by Gasteiger charge is -2.31. The number of nitrogens with zero attached hydrogens (tertiary/aromatic N) is 1. The Morgan fingerprint density at radius 3 is 2.46 bits per heavy atom. The summed E-state index contributed by atoms with van der Waals surface area (Å²) in [7, 11) is 0. The summed E-state index contributed by atoms with van der Waals surface area (Å²) in [5.74, 6) is 0.610. The van der Waals surface area contributed by atoms with Crippen LogP contribution in [-0.2, 0) is 16.1 Å². The molecule has 0 N–H and O–H groups in total. The summed E-state index contributed by atoms with van der Waals surface area (Å²) in [4.78, 5) is 14.2. The van der Waals surface area contributed by atoms with E-state index >= 15 is 0 Å². The van der Waals surface area contributed by atoms with Crippen LogP contribution < -0.4 is 0 Å². The molecule has 1 saturated heterocycles. The number of hydrogen-bond acceptors (Lipinski definition) is 2. The molecule has 0 atom stereocenters. The Labute approximate surface area is 160 Å². The van der Waals surface area contributed by atoms with Crippen LogP contribution in [0.3, 0.4) is 0 Å². The molecule has 3 rings (SSSR count).